The van der Waals surface area contributed by atoms with Gasteiger partial charge >= 0.3 is 5.97 Å². The molecular formula is C19H19NO4S. The molecule has 130 valence electrons. The van der Waals surface area contributed by atoms with Gasteiger partial charge < -0.3 is 14.8 Å². The second kappa shape index (κ2) is 8.58. The summed E-state index contributed by atoms with van der Waals surface area (Å²) in [6, 6.07) is 17.0. The molecule has 0 saturated heterocycles. The zero-order valence-electron chi connectivity index (χ0n) is 13.6. The first-order valence-corrected chi connectivity index (χ1v) is 9.00. The van der Waals surface area contributed by atoms with Gasteiger partial charge in [0, 0.05) is 11.3 Å². The number of benzene rings is 2. The molecule has 0 aromatic heterocycles. The Morgan fingerprint density at radius 2 is 1.80 bits per heavy atom. The zero-order chi connectivity index (χ0) is 17.5. The smallest absolute Gasteiger partial charge is 0.307 e. The Balaban J connectivity index is 1.37. The van der Waals surface area contributed by atoms with Gasteiger partial charge in [0.25, 0.3) is 0 Å². The van der Waals surface area contributed by atoms with Gasteiger partial charge in [-0.25, -0.2) is 0 Å². The highest BCUT2D eigenvalue weighted by Crippen LogP contribution is 2.36. The molecule has 1 aliphatic rings. The van der Waals surface area contributed by atoms with Crippen molar-refractivity contribution in [2.45, 2.75) is 23.0 Å². The Morgan fingerprint density at radius 3 is 2.64 bits per heavy atom. The van der Waals surface area contributed by atoms with Gasteiger partial charge in [-0.2, -0.15) is 0 Å². The van der Waals surface area contributed by atoms with Gasteiger partial charge in [0.15, 0.2) is 0 Å². The lowest BCUT2D eigenvalue weighted by atomic mass is 10.2. The fourth-order valence-electron chi connectivity index (χ4n) is 2.39. The third-order valence-electron chi connectivity index (χ3n) is 3.62. The number of hydrogen-bond donors (Lipinski definition) is 1. The summed E-state index contributed by atoms with van der Waals surface area (Å²) in [6.45, 7) is 0.755. The molecule has 0 spiro atoms. The van der Waals surface area contributed by atoms with Crippen molar-refractivity contribution in [2.75, 3.05) is 18.5 Å². The van der Waals surface area contributed by atoms with E-state index in [2.05, 4.69) is 5.32 Å². The van der Waals surface area contributed by atoms with Crippen LogP contribution < -0.4 is 10.1 Å². The van der Waals surface area contributed by atoms with Crippen molar-refractivity contribution in [1.82, 2.24) is 0 Å². The molecule has 1 heterocycles. The summed E-state index contributed by atoms with van der Waals surface area (Å²) in [6.07, 6.45) is 0.665. The summed E-state index contributed by atoms with van der Waals surface area (Å²) in [4.78, 5) is 25.0. The van der Waals surface area contributed by atoms with Gasteiger partial charge in [-0.05, 0) is 24.3 Å². The van der Waals surface area contributed by atoms with Gasteiger partial charge in [0.1, 0.15) is 5.75 Å². The number of carbonyl (C=O) groups is 2. The second-order valence-corrected chi connectivity index (χ2v) is 6.78. The van der Waals surface area contributed by atoms with E-state index >= 15 is 0 Å². The van der Waals surface area contributed by atoms with Gasteiger partial charge in [0.2, 0.25) is 5.91 Å². The lowest BCUT2D eigenvalue weighted by molar-refractivity contribution is -0.144. The van der Waals surface area contributed by atoms with Gasteiger partial charge in [-0.1, -0.05) is 30.3 Å². The van der Waals surface area contributed by atoms with E-state index in [1.54, 1.807) is 0 Å². The third-order valence-corrected chi connectivity index (χ3v) is 4.90. The molecule has 0 saturated carbocycles. The van der Waals surface area contributed by atoms with E-state index in [4.69, 9.17) is 9.47 Å². The van der Waals surface area contributed by atoms with Crippen LogP contribution in [0.15, 0.2) is 59.5 Å². The Kier molecular flexibility index (Phi) is 5.95. The first-order chi connectivity index (χ1) is 12.2. The fraction of sp³-hybridized carbons (Fsp3) is 0.263. The predicted molar refractivity (Wildman–Crippen MR) is 96.8 cm³/mol. The van der Waals surface area contributed by atoms with Crippen LogP contribution in [0.5, 0.6) is 5.75 Å². The summed E-state index contributed by atoms with van der Waals surface area (Å²) in [5.41, 5.74) is 0.792. The molecule has 25 heavy (non-hydrogen) atoms. The van der Waals surface area contributed by atoms with Crippen molar-refractivity contribution in [2.24, 2.45) is 0 Å². The van der Waals surface area contributed by atoms with Crippen molar-refractivity contribution < 1.29 is 19.1 Å². The number of hydrogen-bond acceptors (Lipinski definition) is 5. The maximum atomic E-state index is 12.1. The number of ether oxygens (including phenoxy) is 2. The number of rotatable bonds is 7. The first kappa shape index (κ1) is 17.4. The summed E-state index contributed by atoms with van der Waals surface area (Å²) < 4.78 is 10.7. The largest absolute Gasteiger partial charge is 0.493 e. The molecule has 2 aromatic carbocycles. The van der Waals surface area contributed by atoms with Crippen LogP contribution in [0, 0.1) is 0 Å². The minimum atomic E-state index is -0.456. The number of amides is 1. The molecule has 0 bridgehead atoms. The Hall–Kier alpha value is -2.47. The van der Waals surface area contributed by atoms with Crippen LogP contribution in [-0.4, -0.2) is 30.3 Å². The van der Waals surface area contributed by atoms with Gasteiger partial charge in [-0.15, -0.1) is 11.8 Å². The van der Waals surface area contributed by atoms with Crippen molar-refractivity contribution in [3.8, 4) is 5.75 Å². The number of para-hydroxylation sites is 2. The molecule has 1 unspecified atom stereocenters. The topological polar surface area (TPSA) is 64.6 Å². The van der Waals surface area contributed by atoms with Crippen LogP contribution in [-0.2, 0) is 14.3 Å². The van der Waals surface area contributed by atoms with Crippen molar-refractivity contribution in [3.63, 3.8) is 0 Å². The van der Waals surface area contributed by atoms with Crippen LogP contribution in [0.4, 0.5) is 5.69 Å². The lowest BCUT2D eigenvalue weighted by Gasteiger charge is -2.23. The van der Waals surface area contributed by atoms with E-state index in [-0.39, 0.29) is 24.9 Å². The van der Waals surface area contributed by atoms with E-state index < -0.39 is 5.25 Å². The molecule has 5 nitrogen and oxygen atoms in total. The summed E-state index contributed by atoms with van der Waals surface area (Å²) in [7, 11) is 0. The first-order valence-electron chi connectivity index (χ1n) is 8.12. The highest BCUT2D eigenvalue weighted by atomic mass is 32.2. The van der Waals surface area contributed by atoms with Gasteiger partial charge in [0.05, 0.1) is 30.6 Å². The maximum absolute atomic E-state index is 12.1. The average Bonchev–Trinajstić information content (AvgIpc) is 2.63. The molecule has 1 aliphatic heterocycles. The molecule has 2 aromatic rings. The number of carbonyl (C=O) groups excluding carboxylic acids is 2. The molecular weight excluding hydrogens is 338 g/mol. The molecule has 1 atom stereocenters. The molecule has 3 rings (SSSR count). The highest BCUT2D eigenvalue weighted by molar-refractivity contribution is 8.01. The number of nitrogens with one attached hydrogen (secondary N) is 1. The summed E-state index contributed by atoms with van der Waals surface area (Å²) >= 11 is 1.40. The van der Waals surface area contributed by atoms with Crippen molar-refractivity contribution in [3.05, 3.63) is 54.6 Å². The average molecular weight is 357 g/mol. The van der Waals surface area contributed by atoms with E-state index in [9.17, 15) is 9.59 Å². The monoisotopic (exact) mass is 357 g/mol. The fourth-order valence-corrected chi connectivity index (χ4v) is 3.48. The van der Waals surface area contributed by atoms with Crippen molar-refractivity contribution >= 4 is 29.3 Å². The van der Waals surface area contributed by atoms with Crippen LogP contribution in [0.3, 0.4) is 0 Å². The third kappa shape index (κ3) is 5.00. The number of thioether (sulfide) groups is 1. The maximum Gasteiger partial charge on any atom is 0.307 e. The van der Waals surface area contributed by atoms with Crippen LogP contribution in [0.2, 0.25) is 0 Å². The lowest BCUT2D eigenvalue weighted by Crippen LogP contribution is -2.31. The SMILES string of the molecule is O=C(CC1Sc2ccccc2NC1=O)OCCCOc1ccccc1. The Labute approximate surface area is 150 Å². The molecule has 0 aliphatic carbocycles. The number of anilines is 1. The minimum absolute atomic E-state index is 0.0599. The van der Waals surface area contributed by atoms with Crippen LogP contribution in [0.1, 0.15) is 12.8 Å². The van der Waals surface area contributed by atoms with Crippen molar-refractivity contribution in [1.29, 1.82) is 0 Å². The van der Waals surface area contributed by atoms with E-state index in [0.29, 0.717) is 13.0 Å². The van der Waals surface area contributed by atoms with E-state index in [0.717, 1.165) is 16.3 Å². The quantitative estimate of drug-likeness (QED) is 0.607. The number of fused-ring (bicyclic) bond motifs is 1. The Bertz CT molecular complexity index is 735. The summed E-state index contributed by atoms with van der Waals surface area (Å²) in [5.74, 6) is 0.266. The zero-order valence-corrected chi connectivity index (χ0v) is 14.5. The van der Waals surface area contributed by atoms with Gasteiger partial charge in [-0.3, -0.25) is 9.59 Å². The molecule has 0 radical (unpaired) electrons. The standard InChI is InChI=1S/C19H19NO4S/c21-18(24-12-6-11-23-14-7-2-1-3-8-14)13-17-19(22)20-15-9-4-5-10-16(15)25-17/h1-5,7-10,17H,6,11-13H2,(H,20,22). The normalized spacial score (nSPS) is 15.8. The molecule has 0 fully saturated rings. The van der Waals surface area contributed by atoms with Crippen LogP contribution >= 0.6 is 11.8 Å². The highest BCUT2D eigenvalue weighted by Gasteiger charge is 2.29. The Morgan fingerprint density at radius 1 is 1.04 bits per heavy atom. The molecule has 1 N–H and O–H groups in total. The predicted octanol–water partition coefficient (Wildman–Crippen LogP) is 3.50. The van der Waals surface area contributed by atoms with E-state index in [1.807, 2.05) is 54.6 Å². The van der Waals surface area contributed by atoms with E-state index in [1.165, 1.54) is 11.8 Å². The molecule has 1 amide bonds. The number of esters is 1. The second-order valence-electron chi connectivity index (χ2n) is 5.53. The minimum Gasteiger partial charge on any atom is -0.493 e. The van der Waals surface area contributed by atoms with Crippen LogP contribution in [0.25, 0.3) is 0 Å². The summed E-state index contributed by atoms with van der Waals surface area (Å²) in [5, 5.41) is 2.37. The molecule has 6 heteroatoms.